The molecule has 0 N–H and O–H groups in total. The molecule has 1 aromatic carbocycles. The molecule has 0 spiro atoms. The fraction of sp³-hybridized carbons (Fsp3) is 0.455. The Morgan fingerprint density at radius 1 is 1.11 bits per heavy atom. The molecule has 102 valence electrons. The highest BCUT2D eigenvalue weighted by Crippen LogP contribution is 2.38. The molecule has 1 aliphatic heterocycles. The minimum Gasteiger partial charge on any atom is -0.360 e. The van der Waals surface area contributed by atoms with E-state index in [-0.39, 0.29) is 17.1 Å². The second-order valence-corrected chi connectivity index (χ2v) is 6.08. The van der Waals surface area contributed by atoms with Crippen molar-refractivity contribution in [3.8, 4) is 0 Å². The number of anilines is 1. The summed E-state index contributed by atoms with van der Waals surface area (Å²) in [6, 6.07) is 3.99. The van der Waals surface area contributed by atoms with Crippen molar-refractivity contribution in [2.45, 2.75) is 16.8 Å². The predicted molar refractivity (Wildman–Crippen MR) is 79.0 cm³/mol. The zero-order chi connectivity index (χ0) is 14.0. The molecule has 0 unspecified atom stereocenters. The van der Waals surface area contributed by atoms with Gasteiger partial charge in [0.15, 0.2) is 5.69 Å². The molecule has 0 amide bonds. The minimum absolute atomic E-state index is 0.140. The molecule has 1 fully saturated rings. The van der Waals surface area contributed by atoms with Gasteiger partial charge in [0.2, 0.25) is 0 Å². The maximum atomic E-state index is 11.1. The van der Waals surface area contributed by atoms with Crippen LogP contribution in [0.4, 0.5) is 17.1 Å². The molecule has 0 aromatic heterocycles. The molecule has 0 saturated carbocycles. The van der Waals surface area contributed by atoms with Gasteiger partial charge in [0.05, 0.1) is 9.85 Å². The van der Waals surface area contributed by atoms with Crippen LogP contribution in [-0.2, 0) is 0 Å². The summed E-state index contributed by atoms with van der Waals surface area (Å²) in [5.41, 5.74) is -0.247. The third-order valence-corrected chi connectivity index (χ3v) is 4.37. The molecular weight excluding hydrogens is 365 g/mol. The Kier molecular flexibility index (Phi) is 4.17. The summed E-state index contributed by atoms with van der Waals surface area (Å²) in [5, 5.41) is 22.1. The molecule has 7 nitrogen and oxygen atoms in total. The van der Waals surface area contributed by atoms with E-state index < -0.39 is 9.85 Å². The van der Waals surface area contributed by atoms with E-state index in [2.05, 4.69) is 22.6 Å². The summed E-state index contributed by atoms with van der Waals surface area (Å²) < 4.78 is 0.524. The Balaban J connectivity index is 2.46. The van der Waals surface area contributed by atoms with Crippen molar-refractivity contribution in [1.82, 2.24) is 0 Å². The van der Waals surface area contributed by atoms with Crippen LogP contribution in [0.3, 0.4) is 0 Å². The first-order chi connectivity index (χ1) is 9.00. The summed E-state index contributed by atoms with van der Waals surface area (Å²) in [6.07, 6.45) is 1.76. The number of benzene rings is 1. The number of piperidine rings is 1. The van der Waals surface area contributed by atoms with Crippen LogP contribution >= 0.6 is 22.6 Å². The summed E-state index contributed by atoms with van der Waals surface area (Å²) in [5.74, 6) is 0. The molecule has 0 aliphatic carbocycles. The van der Waals surface area contributed by atoms with E-state index in [0.29, 0.717) is 17.0 Å². The van der Waals surface area contributed by atoms with E-state index in [9.17, 15) is 20.2 Å². The van der Waals surface area contributed by atoms with Gasteiger partial charge in [-0.1, -0.05) is 22.6 Å². The van der Waals surface area contributed by atoms with E-state index in [0.717, 1.165) is 12.8 Å². The zero-order valence-corrected chi connectivity index (χ0v) is 12.1. The number of alkyl halides is 1. The highest BCUT2D eigenvalue weighted by molar-refractivity contribution is 14.1. The van der Waals surface area contributed by atoms with E-state index >= 15 is 0 Å². The predicted octanol–water partition coefficient (Wildman–Crippen LogP) is 2.91. The van der Waals surface area contributed by atoms with Crippen LogP contribution in [0, 0.1) is 20.2 Å². The lowest BCUT2D eigenvalue weighted by molar-refractivity contribution is -0.392. The van der Waals surface area contributed by atoms with Crippen molar-refractivity contribution in [1.29, 1.82) is 0 Å². The number of hydrogen-bond acceptors (Lipinski definition) is 5. The first-order valence-corrected chi connectivity index (χ1v) is 7.06. The standard InChI is InChI=1S/C11H12IN3O4/c12-8-4-6-13(7-5-8)11-9(14(16)17)2-1-3-10(11)15(18)19/h1-3,8H,4-7H2. The van der Waals surface area contributed by atoms with Crippen LogP contribution in [-0.4, -0.2) is 26.9 Å². The first kappa shape index (κ1) is 14.0. The van der Waals surface area contributed by atoms with E-state index in [1.54, 1.807) is 4.90 Å². The summed E-state index contributed by atoms with van der Waals surface area (Å²) in [7, 11) is 0. The van der Waals surface area contributed by atoms with Gasteiger partial charge in [-0.25, -0.2) is 0 Å². The lowest BCUT2D eigenvalue weighted by atomic mass is 10.1. The van der Waals surface area contributed by atoms with Gasteiger partial charge >= 0.3 is 0 Å². The van der Waals surface area contributed by atoms with Gasteiger partial charge in [-0.2, -0.15) is 0 Å². The number of nitro groups is 2. The summed E-state index contributed by atoms with van der Waals surface area (Å²) >= 11 is 2.34. The maximum Gasteiger partial charge on any atom is 0.299 e. The van der Waals surface area contributed by atoms with Gasteiger partial charge in [-0.3, -0.25) is 20.2 Å². The third-order valence-electron chi connectivity index (χ3n) is 3.13. The van der Waals surface area contributed by atoms with Crippen molar-refractivity contribution >= 4 is 39.7 Å². The maximum absolute atomic E-state index is 11.1. The number of nitrogens with zero attached hydrogens (tertiary/aromatic N) is 3. The fourth-order valence-electron chi connectivity index (χ4n) is 2.21. The third kappa shape index (κ3) is 2.94. The molecule has 0 bridgehead atoms. The number of rotatable bonds is 3. The molecule has 1 saturated heterocycles. The second-order valence-electron chi connectivity index (χ2n) is 4.32. The SMILES string of the molecule is O=[N+]([O-])c1cccc([N+](=O)[O-])c1N1CCC(I)CC1. The van der Waals surface area contributed by atoms with Gasteiger partial charge < -0.3 is 4.90 Å². The molecule has 0 radical (unpaired) electrons. The highest BCUT2D eigenvalue weighted by Gasteiger charge is 2.31. The van der Waals surface area contributed by atoms with Crippen LogP contribution in [0.5, 0.6) is 0 Å². The Labute approximate surface area is 123 Å². The Morgan fingerprint density at radius 2 is 1.58 bits per heavy atom. The van der Waals surface area contributed by atoms with Crippen LogP contribution in [0.1, 0.15) is 12.8 Å². The first-order valence-electron chi connectivity index (χ1n) is 5.81. The average Bonchev–Trinajstić information content (AvgIpc) is 2.38. The molecule has 1 aromatic rings. The van der Waals surface area contributed by atoms with Crippen molar-refractivity contribution < 1.29 is 9.85 Å². The topological polar surface area (TPSA) is 89.5 Å². The van der Waals surface area contributed by atoms with Crippen molar-refractivity contribution in [2.24, 2.45) is 0 Å². The number of halogens is 1. The lowest BCUT2D eigenvalue weighted by Gasteiger charge is -2.30. The number of hydrogen-bond donors (Lipinski definition) is 0. The van der Waals surface area contributed by atoms with Gasteiger partial charge in [-0.15, -0.1) is 0 Å². The zero-order valence-electron chi connectivity index (χ0n) is 9.99. The highest BCUT2D eigenvalue weighted by atomic mass is 127. The Morgan fingerprint density at radius 3 is 2.00 bits per heavy atom. The molecule has 2 rings (SSSR count). The smallest absolute Gasteiger partial charge is 0.299 e. The van der Waals surface area contributed by atoms with Crippen LogP contribution in [0.2, 0.25) is 0 Å². The van der Waals surface area contributed by atoms with Gasteiger partial charge in [0.1, 0.15) is 0 Å². The van der Waals surface area contributed by atoms with Crippen LogP contribution in [0.25, 0.3) is 0 Å². The number of nitro benzene ring substituents is 2. The molecule has 8 heteroatoms. The summed E-state index contributed by atoms with van der Waals surface area (Å²) in [6.45, 7) is 1.22. The Bertz CT molecular complexity index is 482. The largest absolute Gasteiger partial charge is 0.360 e. The average molecular weight is 377 g/mol. The van der Waals surface area contributed by atoms with Crippen LogP contribution < -0.4 is 4.90 Å². The molecule has 0 atom stereocenters. The molecule has 1 aliphatic rings. The monoisotopic (exact) mass is 377 g/mol. The molecular formula is C11H12IN3O4. The molecule has 1 heterocycles. The van der Waals surface area contributed by atoms with Crippen molar-refractivity contribution in [2.75, 3.05) is 18.0 Å². The van der Waals surface area contributed by atoms with Crippen molar-refractivity contribution in [3.63, 3.8) is 0 Å². The van der Waals surface area contributed by atoms with Gasteiger partial charge in [-0.05, 0) is 18.9 Å². The minimum atomic E-state index is -0.557. The van der Waals surface area contributed by atoms with Gasteiger partial charge in [0.25, 0.3) is 11.4 Å². The quantitative estimate of drug-likeness (QED) is 0.350. The van der Waals surface area contributed by atoms with Crippen molar-refractivity contribution in [3.05, 3.63) is 38.4 Å². The fourth-order valence-corrected chi connectivity index (χ4v) is 2.77. The van der Waals surface area contributed by atoms with Crippen LogP contribution in [0.15, 0.2) is 18.2 Å². The van der Waals surface area contributed by atoms with Gasteiger partial charge in [0, 0.05) is 29.1 Å². The summed E-state index contributed by atoms with van der Waals surface area (Å²) in [4.78, 5) is 22.8. The number of para-hydroxylation sites is 1. The molecule has 19 heavy (non-hydrogen) atoms. The van der Waals surface area contributed by atoms with E-state index in [4.69, 9.17) is 0 Å². The Hall–Kier alpha value is -1.45. The normalized spacial score (nSPS) is 16.4. The van der Waals surface area contributed by atoms with E-state index in [1.807, 2.05) is 0 Å². The van der Waals surface area contributed by atoms with E-state index in [1.165, 1.54) is 18.2 Å². The lowest BCUT2D eigenvalue weighted by Crippen LogP contribution is -2.34. The second kappa shape index (κ2) is 5.68.